The first-order valence-electron chi connectivity index (χ1n) is 11.2. The van der Waals surface area contributed by atoms with Crippen LogP contribution in [0, 0.1) is 0 Å². The van der Waals surface area contributed by atoms with E-state index in [1.165, 1.54) is 5.56 Å². The van der Waals surface area contributed by atoms with Crippen LogP contribution in [0.2, 0.25) is 0 Å². The average molecular weight is 446 g/mol. The van der Waals surface area contributed by atoms with Crippen molar-refractivity contribution in [3.63, 3.8) is 0 Å². The number of methoxy groups -OCH3 is 2. The minimum absolute atomic E-state index is 0.122. The maximum Gasteiger partial charge on any atom is 0.258 e. The van der Waals surface area contributed by atoms with E-state index in [0.29, 0.717) is 29.5 Å². The second-order valence-corrected chi connectivity index (χ2v) is 8.43. The molecule has 0 saturated heterocycles. The summed E-state index contributed by atoms with van der Waals surface area (Å²) in [6, 6.07) is 13.1. The van der Waals surface area contributed by atoms with Crippen LogP contribution in [0.4, 0.5) is 0 Å². The van der Waals surface area contributed by atoms with Crippen LogP contribution in [0.5, 0.6) is 5.75 Å². The average Bonchev–Trinajstić information content (AvgIpc) is 3.22. The molecule has 1 aliphatic carbocycles. The van der Waals surface area contributed by atoms with Crippen LogP contribution in [0.15, 0.2) is 53.5 Å². The molecule has 2 heterocycles. The van der Waals surface area contributed by atoms with Gasteiger partial charge in [0.05, 0.1) is 25.3 Å². The lowest BCUT2D eigenvalue weighted by Crippen LogP contribution is -2.33. The number of H-pyrrole nitrogens is 1. The van der Waals surface area contributed by atoms with Crippen molar-refractivity contribution in [1.82, 2.24) is 14.9 Å². The number of carbonyl (C=O) groups excluding carboxylic acids is 1. The summed E-state index contributed by atoms with van der Waals surface area (Å²) in [5, 5.41) is 5.56. The van der Waals surface area contributed by atoms with Crippen LogP contribution in [0.3, 0.4) is 0 Å². The van der Waals surface area contributed by atoms with Crippen molar-refractivity contribution >= 4 is 27.6 Å². The summed E-state index contributed by atoms with van der Waals surface area (Å²) in [6.45, 7) is 0.779. The van der Waals surface area contributed by atoms with Crippen molar-refractivity contribution in [2.75, 3.05) is 20.8 Å². The standard InChI is InChI=1S/C26H27N3O4/c1-32-13-12-29-15-21(17-6-3-4-7-19(17)26(29)31)25(30)28-23-9-5-8-18-20-14-16(33-2)10-11-22(20)27-24(18)23/h3-4,6-7,10-11,14-15,23,27H,5,8-9,12-13H2,1-2H3,(H,28,30)/t23-/m0/s1. The van der Waals surface area contributed by atoms with Gasteiger partial charge in [0, 0.05) is 47.2 Å². The van der Waals surface area contributed by atoms with E-state index >= 15 is 0 Å². The van der Waals surface area contributed by atoms with Crippen LogP contribution >= 0.6 is 0 Å². The fourth-order valence-electron chi connectivity index (χ4n) is 4.83. The number of carbonyl (C=O) groups is 1. The summed E-state index contributed by atoms with van der Waals surface area (Å²) >= 11 is 0. The van der Waals surface area contributed by atoms with Gasteiger partial charge in [-0.05, 0) is 49.1 Å². The fraction of sp³-hybridized carbons (Fsp3) is 0.308. The summed E-state index contributed by atoms with van der Waals surface area (Å²) < 4.78 is 12.1. The van der Waals surface area contributed by atoms with Gasteiger partial charge >= 0.3 is 0 Å². The molecule has 7 nitrogen and oxygen atoms in total. The Morgan fingerprint density at radius 2 is 1.97 bits per heavy atom. The minimum Gasteiger partial charge on any atom is -0.497 e. The second kappa shape index (κ2) is 8.75. The molecule has 0 aliphatic heterocycles. The van der Waals surface area contributed by atoms with E-state index in [9.17, 15) is 9.59 Å². The highest BCUT2D eigenvalue weighted by molar-refractivity contribution is 6.06. The van der Waals surface area contributed by atoms with Crippen LogP contribution in [-0.2, 0) is 17.7 Å². The van der Waals surface area contributed by atoms with Gasteiger partial charge in [-0.3, -0.25) is 9.59 Å². The number of aryl methyl sites for hydroxylation is 1. The van der Waals surface area contributed by atoms with E-state index < -0.39 is 0 Å². The van der Waals surface area contributed by atoms with Crippen molar-refractivity contribution in [3.05, 3.63) is 75.8 Å². The number of aromatic nitrogens is 2. The summed E-state index contributed by atoms with van der Waals surface area (Å²) in [5.41, 5.74) is 3.70. The predicted molar refractivity (Wildman–Crippen MR) is 128 cm³/mol. The van der Waals surface area contributed by atoms with Crippen LogP contribution < -0.4 is 15.6 Å². The molecule has 4 aromatic rings. The summed E-state index contributed by atoms with van der Waals surface area (Å²) in [7, 11) is 3.26. The van der Waals surface area contributed by atoms with Gasteiger partial charge in [-0.15, -0.1) is 0 Å². The number of rotatable bonds is 6. The monoisotopic (exact) mass is 445 g/mol. The molecule has 7 heteroatoms. The summed E-state index contributed by atoms with van der Waals surface area (Å²) in [4.78, 5) is 29.9. The first-order valence-corrected chi connectivity index (χ1v) is 11.2. The lowest BCUT2D eigenvalue weighted by atomic mass is 9.91. The molecule has 0 unspecified atom stereocenters. The predicted octanol–water partition coefficient (Wildman–Crippen LogP) is 3.95. The van der Waals surface area contributed by atoms with Crippen LogP contribution in [0.25, 0.3) is 21.7 Å². The highest BCUT2D eigenvalue weighted by atomic mass is 16.5. The van der Waals surface area contributed by atoms with E-state index in [0.717, 1.165) is 41.6 Å². The van der Waals surface area contributed by atoms with Gasteiger partial charge in [0.1, 0.15) is 5.75 Å². The van der Waals surface area contributed by atoms with Gasteiger partial charge in [0.2, 0.25) is 0 Å². The molecule has 2 aromatic heterocycles. The Hall–Kier alpha value is -3.58. The van der Waals surface area contributed by atoms with Gasteiger partial charge in [-0.1, -0.05) is 18.2 Å². The van der Waals surface area contributed by atoms with Crippen molar-refractivity contribution in [3.8, 4) is 5.75 Å². The van der Waals surface area contributed by atoms with Crippen molar-refractivity contribution in [1.29, 1.82) is 0 Å². The highest BCUT2D eigenvalue weighted by Gasteiger charge is 2.27. The smallest absolute Gasteiger partial charge is 0.258 e. The quantitative estimate of drug-likeness (QED) is 0.471. The Bertz CT molecular complexity index is 1400. The summed E-state index contributed by atoms with van der Waals surface area (Å²) in [5.74, 6) is 0.631. The molecule has 2 aromatic carbocycles. The second-order valence-electron chi connectivity index (χ2n) is 8.43. The van der Waals surface area contributed by atoms with Gasteiger partial charge in [0.15, 0.2) is 0 Å². The van der Waals surface area contributed by atoms with Crippen LogP contribution in [-0.4, -0.2) is 36.3 Å². The minimum atomic E-state index is -0.188. The molecule has 5 rings (SSSR count). The molecule has 0 spiro atoms. The Morgan fingerprint density at radius 3 is 2.76 bits per heavy atom. The van der Waals surface area contributed by atoms with Crippen molar-refractivity contribution in [2.24, 2.45) is 0 Å². The molecule has 0 bridgehead atoms. The zero-order chi connectivity index (χ0) is 22.9. The van der Waals surface area contributed by atoms with E-state index in [4.69, 9.17) is 9.47 Å². The molecular weight excluding hydrogens is 418 g/mol. The molecule has 1 atom stereocenters. The largest absolute Gasteiger partial charge is 0.497 e. The maximum atomic E-state index is 13.5. The number of hydrogen-bond donors (Lipinski definition) is 2. The molecule has 0 radical (unpaired) electrons. The lowest BCUT2D eigenvalue weighted by Gasteiger charge is -2.24. The lowest BCUT2D eigenvalue weighted by molar-refractivity contribution is 0.0932. The number of nitrogens with zero attached hydrogens (tertiary/aromatic N) is 1. The zero-order valence-corrected chi connectivity index (χ0v) is 18.8. The van der Waals surface area contributed by atoms with E-state index in [-0.39, 0.29) is 17.5 Å². The molecular formula is C26H27N3O4. The fourth-order valence-corrected chi connectivity index (χ4v) is 4.83. The number of nitrogens with one attached hydrogen (secondary N) is 2. The van der Waals surface area contributed by atoms with Gasteiger partial charge < -0.3 is 24.3 Å². The van der Waals surface area contributed by atoms with E-state index in [1.807, 2.05) is 36.4 Å². The normalized spacial score (nSPS) is 15.5. The third-order valence-electron chi connectivity index (χ3n) is 6.49. The number of fused-ring (bicyclic) bond motifs is 4. The summed E-state index contributed by atoms with van der Waals surface area (Å²) in [6.07, 6.45) is 4.44. The Balaban J connectivity index is 1.52. The first kappa shape index (κ1) is 21.3. The molecule has 2 N–H and O–H groups in total. The van der Waals surface area contributed by atoms with Crippen molar-refractivity contribution < 1.29 is 14.3 Å². The number of pyridine rings is 1. The molecule has 33 heavy (non-hydrogen) atoms. The van der Waals surface area contributed by atoms with Gasteiger partial charge in [-0.25, -0.2) is 0 Å². The van der Waals surface area contributed by atoms with Crippen LogP contribution in [0.1, 0.15) is 40.5 Å². The third-order valence-corrected chi connectivity index (χ3v) is 6.49. The number of benzene rings is 2. The Morgan fingerprint density at radius 1 is 1.15 bits per heavy atom. The third kappa shape index (κ3) is 3.78. The topological polar surface area (TPSA) is 85.3 Å². The number of ether oxygens (including phenoxy) is 2. The van der Waals surface area contributed by atoms with E-state index in [2.05, 4.69) is 10.3 Å². The number of amides is 1. The molecule has 1 amide bonds. The zero-order valence-electron chi connectivity index (χ0n) is 18.8. The SMILES string of the molecule is COCCn1cc(C(=O)N[C@H]2CCCc3c2[nH]c2ccc(OC)cc32)c2ccccc2c1=O. The first-order chi connectivity index (χ1) is 16.1. The molecule has 1 aliphatic rings. The Kier molecular flexibility index (Phi) is 5.64. The maximum absolute atomic E-state index is 13.5. The highest BCUT2D eigenvalue weighted by Crippen LogP contribution is 2.36. The van der Waals surface area contributed by atoms with Crippen molar-refractivity contribution in [2.45, 2.75) is 31.8 Å². The van der Waals surface area contributed by atoms with Gasteiger partial charge in [0.25, 0.3) is 11.5 Å². The molecule has 0 fully saturated rings. The molecule has 0 saturated carbocycles. The van der Waals surface area contributed by atoms with Gasteiger partial charge in [-0.2, -0.15) is 0 Å². The Labute approximate surface area is 191 Å². The van der Waals surface area contributed by atoms with E-state index in [1.54, 1.807) is 31.0 Å². The number of aromatic amines is 1. The number of hydrogen-bond acceptors (Lipinski definition) is 4. The molecule has 170 valence electrons.